The summed E-state index contributed by atoms with van der Waals surface area (Å²) in [5, 5.41) is 0. The van der Waals surface area contributed by atoms with Crippen molar-refractivity contribution in [1.82, 2.24) is 9.38 Å². The Bertz CT molecular complexity index is 1320. The molecule has 0 spiro atoms. The molecule has 0 bridgehead atoms. The smallest absolute Gasteiger partial charge is 0.274 e. The highest BCUT2D eigenvalue weighted by molar-refractivity contribution is 9.10. The zero-order valence-electron chi connectivity index (χ0n) is 14.0. The predicted molar refractivity (Wildman–Crippen MR) is 105 cm³/mol. The molecule has 0 unspecified atom stereocenters. The fourth-order valence-electron chi connectivity index (χ4n) is 3.15. The Morgan fingerprint density at radius 1 is 1.23 bits per heavy atom. The van der Waals surface area contributed by atoms with Crippen LogP contribution in [-0.2, 0) is 0 Å². The van der Waals surface area contributed by atoms with Gasteiger partial charge < -0.3 is 9.47 Å². The maximum atomic E-state index is 13.0. The molecule has 0 fully saturated rings. The third kappa shape index (κ3) is 2.20. The van der Waals surface area contributed by atoms with E-state index in [9.17, 15) is 4.79 Å². The number of ether oxygens (including phenoxy) is 2. The van der Waals surface area contributed by atoms with Crippen LogP contribution in [0.15, 0.2) is 33.5 Å². The monoisotopic (exact) mass is 428 g/mol. The summed E-state index contributed by atoms with van der Waals surface area (Å²) in [6, 6.07) is 7.73. The van der Waals surface area contributed by atoms with Gasteiger partial charge in [-0.25, -0.2) is 9.38 Å². The quantitative estimate of drug-likeness (QED) is 0.465. The molecular formula is C19H13BrN2O3S. The summed E-state index contributed by atoms with van der Waals surface area (Å²) >= 11 is 4.93. The first-order chi connectivity index (χ1) is 12.5. The Morgan fingerprint density at radius 3 is 2.81 bits per heavy atom. The van der Waals surface area contributed by atoms with Crippen LogP contribution in [0.25, 0.3) is 22.1 Å². The van der Waals surface area contributed by atoms with E-state index >= 15 is 0 Å². The van der Waals surface area contributed by atoms with Crippen molar-refractivity contribution in [3.05, 3.63) is 60.3 Å². The van der Waals surface area contributed by atoms with Crippen molar-refractivity contribution >= 4 is 49.3 Å². The Labute approximate surface area is 160 Å². The molecular weight excluding hydrogens is 416 g/mol. The van der Waals surface area contributed by atoms with Crippen molar-refractivity contribution in [2.24, 2.45) is 0 Å². The highest BCUT2D eigenvalue weighted by Gasteiger charge is 2.17. The van der Waals surface area contributed by atoms with Crippen LogP contribution in [0.3, 0.4) is 0 Å². The molecule has 1 aliphatic heterocycles. The van der Waals surface area contributed by atoms with E-state index in [4.69, 9.17) is 9.47 Å². The second-order valence-corrected chi connectivity index (χ2v) is 8.11. The van der Waals surface area contributed by atoms with E-state index in [1.165, 1.54) is 16.9 Å². The number of nitrogens with zero attached hydrogens (tertiary/aromatic N) is 2. The molecule has 0 saturated carbocycles. The van der Waals surface area contributed by atoms with Crippen LogP contribution in [0, 0.1) is 13.8 Å². The highest BCUT2D eigenvalue weighted by atomic mass is 79.9. The third-order valence-electron chi connectivity index (χ3n) is 4.71. The molecule has 2 aromatic carbocycles. The van der Waals surface area contributed by atoms with E-state index in [0.29, 0.717) is 21.0 Å². The maximum absolute atomic E-state index is 13.0. The number of hydrogen-bond acceptors (Lipinski definition) is 5. The zero-order valence-corrected chi connectivity index (χ0v) is 16.4. The summed E-state index contributed by atoms with van der Waals surface area (Å²) in [7, 11) is 0. The van der Waals surface area contributed by atoms with Gasteiger partial charge in [-0.05, 0) is 54.8 Å². The minimum atomic E-state index is -0.0553. The van der Waals surface area contributed by atoms with Crippen molar-refractivity contribution in [1.29, 1.82) is 0 Å². The normalized spacial score (nSPS) is 14.0. The number of aryl methyl sites for hydroxylation is 2. The predicted octanol–water partition coefficient (Wildman–Crippen LogP) is 3.56. The van der Waals surface area contributed by atoms with E-state index < -0.39 is 0 Å². The van der Waals surface area contributed by atoms with Crippen molar-refractivity contribution in [2.45, 2.75) is 13.8 Å². The molecule has 4 aromatic rings. The summed E-state index contributed by atoms with van der Waals surface area (Å²) in [6.45, 7) is 4.31. The standard InChI is InChI=1S/C19H13BrN2O3S/c1-9-3-4-13-17(10(9)2)21-19-22(13)18(23)16(26-19)6-11-5-14-15(7-12(11)20)25-8-24-14/h3-7H,8H2,1-2H3/b16-6+. The zero-order chi connectivity index (χ0) is 18.0. The molecule has 5 rings (SSSR count). The fraction of sp³-hybridized carbons (Fsp3) is 0.158. The summed E-state index contributed by atoms with van der Waals surface area (Å²) < 4.78 is 14.0. The lowest BCUT2D eigenvalue weighted by molar-refractivity contribution is 0.174. The number of thiazole rings is 1. The molecule has 26 heavy (non-hydrogen) atoms. The van der Waals surface area contributed by atoms with Gasteiger partial charge in [0.2, 0.25) is 6.79 Å². The Hall–Kier alpha value is -2.38. The molecule has 1 aliphatic rings. The van der Waals surface area contributed by atoms with E-state index in [1.54, 1.807) is 4.40 Å². The maximum Gasteiger partial charge on any atom is 0.274 e. The Kier molecular flexibility index (Phi) is 3.39. The van der Waals surface area contributed by atoms with Gasteiger partial charge in [-0.15, -0.1) is 0 Å². The van der Waals surface area contributed by atoms with Crippen LogP contribution in [0.1, 0.15) is 16.7 Å². The van der Waals surface area contributed by atoms with Crippen LogP contribution in [-0.4, -0.2) is 16.2 Å². The molecule has 5 nitrogen and oxygen atoms in total. The number of aromatic nitrogens is 2. The molecule has 7 heteroatoms. The highest BCUT2D eigenvalue weighted by Crippen LogP contribution is 2.37. The second-order valence-electron chi connectivity index (χ2n) is 6.25. The number of imidazole rings is 1. The number of halogens is 1. The van der Waals surface area contributed by atoms with Crippen molar-refractivity contribution in [3.63, 3.8) is 0 Å². The lowest BCUT2D eigenvalue weighted by atomic mass is 10.1. The van der Waals surface area contributed by atoms with Gasteiger partial charge in [0.15, 0.2) is 16.5 Å². The van der Waals surface area contributed by atoms with E-state index in [2.05, 4.69) is 27.8 Å². The van der Waals surface area contributed by atoms with Gasteiger partial charge in [-0.2, -0.15) is 0 Å². The number of rotatable bonds is 1. The lowest BCUT2D eigenvalue weighted by Crippen LogP contribution is -2.22. The molecule has 0 radical (unpaired) electrons. The van der Waals surface area contributed by atoms with Gasteiger partial charge >= 0.3 is 0 Å². The number of fused-ring (bicyclic) bond motifs is 4. The molecule has 0 N–H and O–H groups in total. The molecule has 3 heterocycles. The Morgan fingerprint density at radius 2 is 2.00 bits per heavy atom. The average Bonchev–Trinajstić information content (AvgIpc) is 3.28. The minimum Gasteiger partial charge on any atom is -0.454 e. The molecule has 0 saturated heterocycles. The second kappa shape index (κ2) is 5.56. The fourth-order valence-corrected chi connectivity index (χ4v) is 4.56. The van der Waals surface area contributed by atoms with E-state index in [1.807, 2.05) is 37.3 Å². The Balaban J connectivity index is 1.76. The third-order valence-corrected chi connectivity index (χ3v) is 6.37. The van der Waals surface area contributed by atoms with Crippen molar-refractivity contribution in [3.8, 4) is 11.5 Å². The van der Waals surface area contributed by atoms with Gasteiger partial charge in [-0.1, -0.05) is 33.3 Å². The van der Waals surface area contributed by atoms with Crippen molar-refractivity contribution < 1.29 is 9.47 Å². The summed E-state index contributed by atoms with van der Waals surface area (Å²) in [5.41, 5.74) is 4.85. The molecule has 2 aromatic heterocycles. The van der Waals surface area contributed by atoms with Gasteiger partial charge in [0.1, 0.15) is 0 Å². The largest absolute Gasteiger partial charge is 0.454 e. The number of benzene rings is 2. The van der Waals surface area contributed by atoms with Gasteiger partial charge in [0, 0.05) is 4.47 Å². The molecule has 130 valence electrons. The SMILES string of the molecule is Cc1ccc2c(nc3s/c(=C/c4cc5c(cc4Br)OCO5)c(=O)n32)c1C. The van der Waals surface area contributed by atoms with Gasteiger partial charge in [0.05, 0.1) is 15.6 Å². The van der Waals surface area contributed by atoms with Crippen LogP contribution < -0.4 is 19.6 Å². The first kappa shape index (κ1) is 15.8. The summed E-state index contributed by atoms with van der Waals surface area (Å²) in [5.74, 6) is 1.39. The number of hydrogen-bond donors (Lipinski definition) is 0. The van der Waals surface area contributed by atoms with E-state index in [0.717, 1.165) is 26.6 Å². The van der Waals surface area contributed by atoms with Crippen LogP contribution in [0.5, 0.6) is 11.5 Å². The summed E-state index contributed by atoms with van der Waals surface area (Å²) in [6.07, 6.45) is 1.86. The van der Waals surface area contributed by atoms with Crippen molar-refractivity contribution in [2.75, 3.05) is 6.79 Å². The average molecular weight is 429 g/mol. The van der Waals surface area contributed by atoms with Gasteiger partial charge in [0.25, 0.3) is 5.56 Å². The molecule has 0 amide bonds. The minimum absolute atomic E-state index is 0.0553. The molecule has 0 atom stereocenters. The van der Waals surface area contributed by atoms with Crippen LogP contribution >= 0.6 is 27.3 Å². The first-order valence-electron chi connectivity index (χ1n) is 8.05. The van der Waals surface area contributed by atoms with Gasteiger partial charge in [-0.3, -0.25) is 4.79 Å². The first-order valence-corrected chi connectivity index (χ1v) is 9.66. The summed E-state index contributed by atoms with van der Waals surface area (Å²) in [4.78, 5) is 18.4. The van der Waals surface area contributed by atoms with E-state index in [-0.39, 0.29) is 12.4 Å². The molecule has 0 aliphatic carbocycles. The van der Waals surface area contributed by atoms with Crippen LogP contribution in [0.2, 0.25) is 0 Å². The lowest BCUT2D eigenvalue weighted by Gasteiger charge is -2.01. The topological polar surface area (TPSA) is 52.8 Å². The van der Waals surface area contributed by atoms with Crippen LogP contribution in [0.4, 0.5) is 0 Å².